The predicted octanol–water partition coefficient (Wildman–Crippen LogP) is 4.42. The summed E-state index contributed by atoms with van der Waals surface area (Å²) in [6.07, 6.45) is 0. The van der Waals surface area contributed by atoms with Crippen LogP contribution in [0.1, 0.15) is 36.9 Å². The van der Waals surface area contributed by atoms with Gasteiger partial charge in [-0.25, -0.2) is 4.39 Å². The van der Waals surface area contributed by atoms with E-state index >= 15 is 0 Å². The fourth-order valence-corrected chi connectivity index (χ4v) is 5.45. The van der Waals surface area contributed by atoms with E-state index in [0.717, 1.165) is 16.1 Å². The van der Waals surface area contributed by atoms with Crippen LogP contribution in [0.3, 0.4) is 0 Å². The third kappa shape index (κ3) is 2.61. The van der Waals surface area contributed by atoms with Gasteiger partial charge in [0.1, 0.15) is 5.82 Å². The molecule has 2 heterocycles. The van der Waals surface area contributed by atoms with Crippen molar-refractivity contribution in [3.63, 3.8) is 0 Å². The summed E-state index contributed by atoms with van der Waals surface area (Å²) in [5.41, 5.74) is 3.34. The minimum Gasteiger partial charge on any atom is -0.377 e. The third-order valence-electron chi connectivity index (χ3n) is 5.20. The Kier molecular flexibility index (Phi) is 4.20. The van der Waals surface area contributed by atoms with Gasteiger partial charge in [-0.2, -0.15) is 0 Å². The zero-order chi connectivity index (χ0) is 17.6. The molecule has 0 aromatic heterocycles. The van der Waals surface area contributed by atoms with Gasteiger partial charge in [-0.1, -0.05) is 24.3 Å². The highest BCUT2D eigenvalue weighted by molar-refractivity contribution is 8.00. The summed E-state index contributed by atoms with van der Waals surface area (Å²) in [5, 5.41) is 3.32. The van der Waals surface area contributed by atoms with Gasteiger partial charge in [0.15, 0.2) is 0 Å². The van der Waals surface area contributed by atoms with E-state index in [1.807, 2.05) is 36.9 Å². The molecule has 25 heavy (non-hydrogen) atoms. The summed E-state index contributed by atoms with van der Waals surface area (Å²) in [6.45, 7) is 5.38. The molecule has 0 saturated heterocycles. The molecular weight excluding hydrogens is 335 g/mol. The number of hydrogen-bond donors (Lipinski definition) is 1. The number of carbonyl (C=O) groups is 1. The zero-order valence-electron chi connectivity index (χ0n) is 14.3. The number of hydrogen-bond acceptors (Lipinski definition) is 3. The highest BCUT2D eigenvalue weighted by atomic mass is 32.2. The zero-order valence-corrected chi connectivity index (χ0v) is 15.1. The molecule has 2 aliphatic rings. The van der Waals surface area contributed by atoms with Gasteiger partial charge in [-0.05, 0) is 43.2 Å². The molecule has 0 radical (unpaired) electrons. The monoisotopic (exact) mass is 356 g/mol. The molecule has 5 heteroatoms. The summed E-state index contributed by atoms with van der Waals surface area (Å²) >= 11 is 1.51. The van der Waals surface area contributed by atoms with Crippen LogP contribution < -0.4 is 5.32 Å². The predicted molar refractivity (Wildman–Crippen MR) is 99.5 cm³/mol. The average molecular weight is 356 g/mol. The molecule has 3 atom stereocenters. The molecule has 0 saturated carbocycles. The third-order valence-corrected chi connectivity index (χ3v) is 6.56. The molecule has 0 bridgehead atoms. The van der Waals surface area contributed by atoms with Gasteiger partial charge in [-0.3, -0.25) is 4.79 Å². The smallest absolute Gasteiger partial charge is 0.236 e. The lowest BCUT2D eigenvalue weighted by Crippen LogP contribution is -2.42. The highest BCUT2D eigenvalue weighted by Gasteiger charge is 2.47. The van der Waals surface area contributed by atoms with Crippen LogP contribution in [0.5, 0.6) is 0 Å². The minimum atomic E-state index is -0.255. The molecule has 0 aliphatic carbocycles. The van der Waals surface area contributed by atoms with Crippen LogP contribution in [-0.2, 0) is 4.79 Å². The minimum absolute atomic E-state index is 0.0127. The van der Waals surface area contributed by atoms with Gasteiger partial charge < -0.3 is 10.2 Å². The SMILES string of the molecule is CCN(CC)C(=O)C1Sc2cc(F)ccc2C2Nc3ccccc3C12. The Morgan fingerprint density at radius 1 is 1.16 bits per heavy atom. The number of rotatable bonds is 3. The van der Waals surface area contributed by atoms with E-state index < -0.39 is 0 Å². The van der Waals surface area contributed by atoms with Crippen LogP contribution in [0.15, 0.2) is 47.4 Å². The van der Waals surface area contributed by atoms with Crippen LogP contribution >= 0.6 is 11.8 Å². The van der Waals surface area contributed by atoms with E-state index in [4.69, 9.17) is 0 Å². The van der Waals surface area contributed by atoms with Gasteiger partial charge in [0.05, 0.1) is 11.3 Å². The lowest BCUT2D eigenvalue weighted by atomic mass is 9.86. The van der Waals surface area contributed by atoms with Crippen molar-refractivity contribution in [1.29, 1.82) is 0 Å². The van der Waals surface area contributed by atoms with Crippen LogP contribution in [0.25, 0.3) is 0 Å². The quantitative estimate of drug-likeness (QED) is 0.884. The van der Waals surface area contributed by atoms with E-state index in [0.29, 0.717) is 13.1 Å². The molecule has 0 fully saturated rings. The first kappa shape index (κ1) is 16.5. The summed E-state index contributed by atoms with van der Waals surface area (Å²) in [7, 11) is 0. The van der Waals surface area contributed by atoms with E-state index in [9.17, 15) is 9.18 Å². The van der Waals surface area contributed by atoms with Crippen molar-refractivity contribution in [1.82, 2.24) is 4.90 Å². The van der Waals surface area contributed by atoms with Crippen molar-refractivity contribution in [3.05, 3.63) is 59.4 Å². The lowest BCUT2D eigenvalue weighted by Gasteiger charge is -2.36. The maximum atomic E-state index is 13.8. The number of thioether (sulfide) groups is 1. The van der Waals surface area contributed by atoms with Gasteiger partial charge in [-0.15, -0.1) is 11.8 Å². The topological polar surface area (TPSA) is 32.3 Å². The van der Waals surface area contributed by atoms with Gasteiger partial charge >= 0.3 is 0 Å². The standard InChI is InChI=1S/C20H21FN2OS/c1-3-23(4-2)20(24)19-17-13-7-5-6-8-15(13)22-18(17)14-10-9-12(21)11-16(14)25-19/h5-11,17-19,22H,3-4H2,1-2H3. The Morgan fingerprint density at radius 3 is 2.68 bits per heavy atom. The number of benzene rings is 2. The van der Waals surface area contributed by atoms with E-state index in [1.165, 1.54) is 23.4 Å². The molecule has 4 rings (SSSR count). The van der Waals surface area contributed by atoms with Gasteiger partial charge in [0, 0.05) is 29.6 Å². The molecule has 1 amide bonds. The van der Waals surface area contributed by atoms with Crippen molar-refractivity contribution in [2.75, 3.05) is 18.4 Å². The Bertz CT molecular complexity index is 821. The van der Waals surface area contributed by atoms with Crippen LogP contribution in [0.4, 0.5) is 10.1 Å². The van der Waals surface area contributed by atoms with Gasteiger partial charge in [0.25, 0.3) is 0 Å². The molecule has 0 spiro atoms. The van der Waals surface area contributed by atoms with Crippen LogP contribution in [0.2, 0.25) is 0 Å². The first-order valence-corrected chi connectivity index (χ1v) is 9.62. The molecule has 3 nitrogen and oxygen atoms in total. The van der Waals surface area contributed by atoms with Crippen molar-refractivity contribution >= 4 is 23.4 Å². The maximum absolute atomic E-state index is 13.8. The lowest BCUT2D eigenvalue weighted by molar-refractivity contribution is -0.130. The summed E-state index contributed by atoms with van der Waals surface area (Å²) in [4.78, 5) is 15.9. The first-order chi connectivity index (χ1) is 12.1. The summed E-state index contributed by atoms with van der Waals surface area (Å²) in [5.74, 6) is -0.0556. The van der Waals surface area contributed by atoms with Crippen molar-refractivity contribution in [2.24, 2.45) is 0 Å². The normalized spacial score (nSPS) is 23.2. The number of nitrogens with zero attached hydrogens (tertiary/aromatic N) is 1. The molecule has 2 aromatic rings. The second-order valence-corrected chi connectivity index (χ2v) is 7.65. The fraction of sp³-hybridized carbons (Fsp3) is 0.350. The maximum Gasteiger partial charge on any atom is 0.236 e. The summed E-state index contributed by atoms with van der Waals surface area (Å²) < 4.78 is 13.8. The number of carbonyl (C=O) groups excluding carboxylic acids is 1. The van der Waals surface area contributed by atoms with E-state index in [-0.39, 0.29) is 28.9 Å². The second-order valence-electron chi connectivity index (χ2n) is 6.47. The Hall–Kier alpha value is -2.01. The number of anilines is 1. The number of para-hydroxylation sites is 1. The van der Waals surface area contributed by atoms with Crippen LogP contribution in [0, 0.1) is 5.82 Å². The molecule has 2 aromatic carbocycles. The van der Waals surface area contributed by atoms with E-state index in [2.05, 4.69) is 17.4 Å². The van der Waals surface area contributed by atoms with Crippen LogP contribution in [-0.4, -0.2) is 29.1 Å². The van der Waals surface area contributed by atoms with Crippen molar-refractivity contribution in [2.45, 2.75) is 36.0 Å². The Balaban J connectivity index is 1.82. The summed E-state index contributed by atoms with van der Waals surface area (Å²) in [6, 6.07) is 13.1. The molecule has 130 valence electrons. The number of halogens is 1. The molecule has 2 aliphatic heterocycles. The highest BCUT2D eigenvalue weighted by Crippen LogP contribution is 2.55. The average Bonchev–Trinajstić information content (AvgIpc) is 3.01. The second kappa shape index (κ2) is 6.37. The van der Waals surface area contributed by atoms with Crippen molar-refractivity contribution < 1.29 is 9.18 Å². The van der Waals surface area contributed by atoms with Crippen molar-refractivity contribution in [3.8, 4) is 0 Å². The molecular formula is C20H21FN2OS. The number of fused-ring (bicyclic) bond motifs is 5. The molecule has 3 unspecified atom stereocenters. The Morgan fingerprint density at radius 2 is 1.92 bits per heavy atom. The molecule has 1 N–H and O–H groups in total. The van der Waals surface area contributed by atoms with E-state index in [1.54, 1.807) is 6.07 Å². The largest absolute Gasteiger partial charge is 0.377 e. The number of nitrogens with one attached hydrogen (secondary N) is 1. The Labute approximate surface area is 151 Å². The first-order valence-electron chi connectivity index (χ1n) is 8.74. The number of amides is 1. The van der Waals surface area contributed by atoms with Gasteiger partial charge in [0.2, 0.25) is 5.91 Å². The fourth-order valence-electron chi connectivity index (χ4n) is 3.96.